The van der Waals surface area contributed by atoms with Gasteiger partial charge in [0, 0.05) is 24.4 Å². The van der Waals surface area contributed by atoms with Gasteiger partial charge in [-0.25, -0.2) is 28.1 Å². The lowest BCUT2D eigenvalue weighted by molar-refractivity contribution is -0.114. The van der Waals surface area contributed by atoms with Gasteiger partial charge in [-0.1, -0.05) is 17.4 Å². The molecule has 2 aromatic heterocycles. The highest BCUT2D eigenvalue weighted by atomic mass is 32.2. The normalized spacial score (nSPS) is 11.4. The number of nitrogen functional groups attached to an aromatic ring is 1. The minimum Gasteiger partial charge on any atom is -0.399 e. The van der Waals surface area contributed by atoms with E-state index in [2.05, 4.69) is 25.0 Å². The van der Waals surface area contributed by atoms with Gasteiger partial charge in [-0.15, -0.1) is 0 Å². The summed E-state index contributed by atoms with van der Waals surface area (Å²) in [7, 11) is -3.85. The smallest absolute Gasteiger partial charge is 0.264 e. The van der Waals surface area contributed by atoms with Crippen LogP contribution in [0.15, 0.2) is 59.6 Å². The van der Waals surface area contributed by atoms with Crippen molar-refractivity contribution in [3.8, 4) is 11.3 Å². The van der Waals surface area contributed by atoms with Crippen molar-refractivity contribution in [2.24, 2.45) is 0 Å². The summed E-state index contributed by atoms with van der Waals surface area (Å²) >= 11 is 1.34. The number of carbonyl (C=O) groups excluding carboxylic acids is 1. The molecule has 0 unspecified atom stereocenters. The number of thiazole rings is 1. The number of rotatable bonds is 5. The lowest BCUT2D eigenvalue weighted by Crippen LogP contribution is -2.15. The van der Waals surface area contributed by atoms with Gasteiger partial charge in [0.15, 0.2) is 5.13 Å². The van der Waals surface area contributed by atoms with E-state index in [1.807, 2.05) is 18.2 Å². The van der Waals surface area contributed by atoms with Crippen molar-refractivity contribution < 1.29 is 13.2 Å². The second-order valence-corrected chi connectivity index (χ2v) is 9.04. The molecule has 0 aliphatic heterocycles. The minimum absolute atomic E-state index is 0.0485. The first-order chi connectivity index (χ1) is 14.3. The Morgan fingerprint density at radius 2 is 1.83 bits per heavy atom. The average molecular weight is 441 g/mol. The first kappa shape index (κ1) is 19.7. The fraction of sp³-hybridized carbons (Fsp3) is 0.0526. The summed E-state index contributed by atoms with van der Waals surface area (Å²) in [4.78, 5) is 24.0. The molecule has 0 fully saturated rings. The maximum atomic E-state index is 12.6. The summed E-state index contributed by atoms with van der Waals surface area (Å²) in [5.74, 6) is -0.240. The number of sulfonamides is 1. The molecule has 4 aromatic rings. The fourth-order valence-electron chi connectivity index (χ4n) is 2.68. The van der Waals surface area contributed by atoms with Crippen molar-refractivity contribution >= 4 is 54.3 Å². The van der Waals surface area contributed by atoms with E-state index in [-0.39, 0.29) is 16.8 Å². The third-order valence-corrected chi connectivity index (χ3v) is 6.32. The highest BCUT2D eigenvalue weighted by Gasteiger charge is 2.16. The van der Waals surface area contributed by atoms with Gasteiger partial charge in [0.2, 0.25) is 11.9 Å². The van der Waals surface area contributed by atoms with Crippen LogP contribution in [-0.2, 0) is 14.8 Å². The molecular formula is C19H16N6O3S2. The molecule has 2 aromatic carbocycles. The SMILES string of the molecule is CC(=O)Nc1nc2ccc(-c3ccnc(NS(=O)(=O)c4ccc(N)cc4)n3)cc2s1. The van der Waals surface area contributed by atoms with Crippen molar-refractivity contribution in [3.05, 3.63) is 54.7 Å². The third kappa shape index (κ3) is 4.21. The molecule has 0 saturated carbocycles. The lowest BCUT2D eigenvalue weighted by Gasteiger charge is -2.08. The number of fused-ring (bicyclic) bond motifs is 1. The summed E-state index contributed by atoms with van der Waals surface area (Å²) in [6, 6.07) is 13.0. The van der Waals surface area contributed by atoms with Crippen LogP contribution in [-0.4, -0.2) is 29.3 Å². The Morgan fingerprint density at radius 1 is 1.07 bits per heavy atom. The first-order valence-corrected chi connectivity index (χ1v) is 11.0. The van der Waals surface area contributed by atoms with E-state index in [4.69, 9.17) is 5.73 Å². The zero-order chi connectivity index (χ0) is 21.3. The van der Waals surface area contributed by atoms with Crippen LogP contribution in [0.3, 0.4) is 0 Å². The molecule has 4 N–H and O–H groups in total. The molecule has 0 aliphatic carbocycles. The maximum absolute atomic E-state index is 12.6. The Labute approximate surface area is 176 Å². The van der Waals surface area contributed by atoms with E-state index in [1.165, 1.54) is 48.7 Å². The topological polar surface area (TPSA) is 140 Å². The Kier molecular flexibility index (Phi) is 5.06. The number of nitrogens with zero attached hydrogens (tertiary/aromatic N) is 3. The Morgan fingerprint density at radius 3 is 2.57 bits per heavy atom. The molecule has 0 saturated heterocycles. The monoisotopic (exact) mass is 440 g/mol. The van der Waals surface area contributed by atoms with Crippen LogP contribution in [0.2, 0.25) is 0 Å². The maximum Gasteiger partial charge on any atom is 0.264 e. The van der Waals surface area contributed by atoms with Crippen LogP contribution in [0.5, 0.6) is 0 Å². The predicted octanol–water partition coefficient (Wildman–Crippen LogP) is 3.09. The van der Waals surface area contributed by atoms with Crippen molar-refractivity contribution in [2.75, 3.05) is 15.8 Å². The second kappa shape index (κ2) is 7.69. The van der Waals surface area contributed by atoms with Gasteiger partial charge < -0.3 is 11.1 Å². The minimum atomic E-state index is -3.85. The van der Waals surface area contributed by atoms with Gasteiger partial charge in [0.25, 0.3) is 10.0 Å². The van der Waals surface area contributed by atoms with Crippen LogP contribution < -0.4 is 15.8 Å². The van der Waals surface area contributed by atoms with Gasteiger partial charge in [0.1, 0.15) is 0 Å². The van der Waals surface area contributed by atoms with E-state index < -0.39 is 10.0 Å². The molecule has 0 aliphatic rings. The van der Waals surface area contributed by atoms with Gasteiger partial charge in [-0.05, 0) is 42.5 Å². The summed E-state index contributed by atoms with van der Waals surface area (Å²) in [5, 5.41) is 3.17. The van der Waals surface area contributed by atoms with Crippen LogP contribution in [0, 0.1) is 0 Å². The standard InChI is InChI=1S/C19H16N6O3S2/c1-11(26)22-19-24-16-7-2-12(10-17(16)29-19)15-8-9-21-18(23-15)25-30(27,28)14-5-3-13(20)4-6-14/h2-10H,20H2,1H3,(H,21,23,25)(H,22,24,26). The van der Waals surface area contributed by atoms with Crippen molar-refractivity contribution in [1.82, 2.24) is 15.0 Å². The molecule has 4 rings (SSSR count). The highest BCUT2D eigenvalue weighted by Crippen LogP contribution is 2.30. The predicted molar refractivity (Wildman–Crippen MR) is 117 cm³/mol. The number of nitrogens with one attached hydrogen (secondary N) is 2. The van der Waals surface area contributed by atoms with E-state index in [1.54, 1.807) is 6.07 Å². The number of anilines is 3. The number of aromatic nitrogens is 3. The molecule has 0 atom stereocenters. The molecule has 11 heteroatoms. The van der Waals surface area contributed by atoms with Crippen molar-refractivity contribution in [3.63, 3.8) is 0 Å². The second-order valence-electron chi connectivity index (χ2n) is 6.32. The van der Waals surface area contributed by atoms with Crippen LogP contribution in [0.1, 0.15) is 6.92 Å². The van der Waals surface area contributed by atoms with Crippen molar-refractivity contribution in [2.45, 2.75) is 11.8 Å². The molecule has 2 heterocycles. The van der Waals surface area contributed by atoms with E-state index >= 15 is 0 Å². The zero-order valence-corrected chi connectivity index (χ0v) is 17.3. The summed E-state index contributed by atoms with van der Waals surface area (Å²) in [5.41, 5.74) is 8.11. The van der Waals surface area contributed by atoms with Crippen molar-refractivity contribution in [1.29, 1.82) is 0 Å². The molecule has 152 valence electrons. The lowest BCUT2D eigenvalue weighted by atomic mass is 10.1. The molecule has 1 amide bonds. The number of carbonyl (C=O) groups is 1. The Hall–Kier alpha value is -3.57. The summed E-state index contributed by atoms with van der Waals surface area (Å²) in [6.45, 7) is 1.42. The van der Waals surface area contributed by atoms with Gasteiger partial charge in [0.05, 0.1) is 20.8 Å². The average Bonchev–Trinajstić information content (AvgIpc) is 3.08. The zero-order valence-electron chi connectivity index (χ0n) is 15.7. The Balaban J connectivity index is 1.63. The number of hydrogen-bond donors (Lipinski definition) is 3. The van der Waals surface area contributed by atoms with Crippen LogP contribution >= 0.6 is 11.3 Å². The number of benzene rings is 2. The van der Waals surface area contributed by atoms with E-state index in [0.717, 1.165) is 15.8 Å². The van der Waals surface area contributed by atoms with Crippen LogP contribution in [0.25, 0.3) is 21.5 Å². The van der Waals surface area contributed by atoms with Gasteiger partial charge >= 0.3 is 0 Å². The van der Waals surface area contributed by atoms with E-state index in [9.17, 15) is 13.2 Å². The first-order valence-electron chi connectivity index (χ1n) is 8.70. The fourth-order valence-corrected chi connectivity index (χ4v) is 4.58. The molecule has 0 spiro atoms. The largest absolute Gasteiger partial charge is 0.399 e. The molecule has 0 radical (unpaired) electrons. The van der Waals surface area contributed by atoms with Crippen LogP contribution in [0.4, 0.5) is 16.8 Å². The summed E-state index contributed by atoms with van der Waals surface area (Å²) in [6.07, 6.45) is 1.47. The van der Waals surface area contributed by atoms with Gasteiger partial charge in [-0.2, -0.15) is 0 Å². The summed E-state index contributed by atoms with van der Waals surface area (Å²) < 4.78 is 28.3. The highest BCUT2D eigenvalue weighted by molar-refractivity contribution is 7.92. The van der Waals surface area contributed by atoms with E-state index in [0.29, 0.717) is 16.5 Å². The molecule has 9 nitrogen and oxygen atoms in total. The number of nitrogens with two attached hydrogens (primary N) is 1. The third-order valence-electron chi connectivity index (χ3n) is 4.04. The molecule has 30 heavy (non-hydrogen) atoms. The number of amides is 1. The molecule has 0 bridgehead atoms. The van der Waals surface area contributed by atoms with Gasteiger partial charge in [-0.3, -0.25) is 4.79 Å². The Bertz CT molecular complexity index is 1350. The number of hydrogen-bond acceptors (Lipinski definition) is 8. The quantitative estimate of drug-likeness (QED) is 0.405. The molecular weight excluding hydrogens is 424 g/mol.